The third-order valence-electron chi connectivity index (χ3n) is 5.69. The molecule has 178 valence electrons. The molecule has 0 aliphatic rings. The van der Waals surface area contributed by atoms with Crippen LogP contribution in [0.1, 0.15) is 27.2 Å². The number of amides is 1. The van der Waals surface area contributed by atoms with E-state index in [0.29, 0.717) is 35.7 Å². The van der Waals surface area contributed by atoms with E-state index in [4.69, 9.17) is 4.74 Å². The van der Waals surface area contributed by atoms with Crippen molar-refractivity contribution in [1.82, 2.24) is 20.1 Å². The molecule has 0 unspecified atom stereocenters. The van der Waals surface area contributed by atoms with Crippen molar-refractivity contribution in [2.45, 2.75) is 20.3 Å². The van der Waals surface area contributed by atoms with E-state index in [1.165, 1.54) is 10.9 Å². The van der Waals surface area contributed by atoms with E-state index < -0.39 is 0 Å². The van der Waals surface area contributed by atoms with E-state index in [1.807, 2.05) is 50.2 Å². The van der Waals surface area contributed by atoms with E-state index in [9.17, 15) is 9.59 Å². The number of nitrogens with one attached hydrogen (secondary N) is 2. The molecule has 0 aliphatic carbocycles. The number of ether oxygens (including phenoxy) is 1. The zero-order valence-corrected chi connectivity index (χ0v) is 19.9. The molecule has 0 atom stereocenters. The molecule has 2 aromatic heterocycles. The highest BCUT2D eigenvalue weighted by Crippen LogP contribution is 2.31. The summed E-state index contributed by atoms with van der Waals surface area (Å²) in [5, 5.41) is 10.1. The van der Waals surface area contributed by atoms with Crippen molar-refractivity contribution in [2.24, 2.45) is 7.05 Å². The number of hydrogen-bond acceptors (Lipinski definition) is 6. The van der Waals surface area contributed by atoms with Crippen LogP contribution in [0.3, 0.4) is 0 Å². The van der Waals surface area contributed by atoms with Crippen LogP contribution in [0.5, 0.6) is 11.5 Å². The zero-order valence-electron chi connectivity index (χ0n) is 19.9. The third-order valence-corrected chi connectivity index (χ3v) is 5.69. The van der Waals surface area contributed by atoms with Crippen LogP contribution in [-0.4, -0.2) is 27.2 Å². The van der Waals surface area contributed by atoms with Gasteiger partial charge in [-0.1, -0.05) is 18.2 Å². The summed E-state index contributed by atoms with van der Waals surface area (Å²) >= 11 is 0. The Morgan fingerprint density at radius 2 is 1.80 bits per heavy atom. The van der Waals surface area contributed by atoms with Crippen molar-refractivity contribution in [3.05, 3.63) is 106 Å². The third kappa shape index (κ3) is 5.73. The lowest BCUT2D eigenvalue weighted by molar-refractivity contribution is 0.0954. The smallest absolute Gasteiger partial charge is 0.294 e. The van der Waals surface area contributed by atoms with Crippen LogP contribution in [0.15, 0.2) is 77.9 Å². The highest BCUT2D eigenvalue weighted by Gasteiger charge is 2.15. The minimum absolute atomic E-state index is 0.175. The van der Waals surface area contributed by atoms with E-state index >= 15 is 0 Å². The van der Waals surface area contributed by atoms with Gasteiger partial charge >= 0.3 is 0 Å². The second-order valence-electron chi connectivity index (χ2n) is 8.14. The van der Waals surface area contributed by atoms with Gasteiger partial charge in [0.05, 0.1) is 6.20 Å². The first kappa shape index (κ1) is 23.7. The number of aromatic nitrogens is 3. The summed E-state index contributed by atoms with van der Waals surface area (Å²) in [6, 6.07) is 18.4. The second-order valence-corrected chi connectivity index (χ2v) is 8.14. The van der Waals surface area contributed by atoms with E-state index in [0.717, 1.165) is 16.8 Å². The lowest BCUT2D eigenvalue weighted by atomic mass is 10.1. The summed E-state index contributed by atoms with van der Waals surface area (Å²) in [7, 11) is 1.58. The maximum absolute atomic E-state index is 12.8. The molecule has 2 N–H and O–H groups in total. The molecule has 0 fully saturated rings. The first-order valence-electron chi connectivity index (χ1n) is 11.3. The molecule has 0 spiro atoms. The minimum atomic E-state index is -0.329. The number of benzene rings is 2. The molecule has 0 bridgehead atoms. The number of carbonyl (C=O) groups is 1. The van der Waals surface area contributed by atoms with Gasteiger partial charge in [-0.15, -0.1) is 0 Å². The Balaban J connectivity index is 1.47. The molecule has 0 saturated carbocycles. The summed E-state index contributed by atoms with van der Waals surface area (Å²) in [5.41, 5.74) is 4.08. The van der Waals surface area contributed by atoms with Gasteiger partial charge < -0.3 is 15.4 Å². The van der Waals surface area contributed by atoms with Crippen LogP contribution in [-0.2, 0) is 13.5 Å². The van der Waals surface area contributed by atoms with E-state index in [-0.39, 0.29) is 17.2 Å². The lowest BCUT2D eigenvalue weighted by Gasteiger charge is -2.15. The van der Waals surface area contributed by atoms with Gasteiger partial charge in [-0.25, -0.2) is 4.68 Å². The van der Waals surface area contributed by atoms with Gasteiger partial charge in [-0.05, 0) is 67.4 Å². The molecular formula is C27H27N5O3. The summed E-state index contributed by atoms with van der Waals surface area (Å²) in [5.74, 6) is 0.796. The molecule has 35 heavy (non-hydrogen) atoms. The topological polar surface area (TPSA) is 98.1 Å². The average Bonchev–Trinajstić information content (AvgIpc) is 2.87. The molecule has 0 radical (unpaired) electrons. The summed E-state index contributed by atoms with van der Waals surface area (Å²) < 4.78 is 7.30. The normalized spacial score (nSPS) is 10.6. The Morgan fingerprint density at radius 3 is 2.54 bits per heavy atom. The van der Waals surface area contributed by atoms with Crippen LogP contribution >= 0.6 is 0 Å². The van der Waals surface area contributed by atoms with Crippen molar-refractivity contribution in [3.8, 4) is 11.5 Å². The van der Waals surface area contributed by atoms with Crippen molar-refractivity contribution >= 4 is 17.3 Å². The predicted molar refractivity (Wildman–Crippen MR) is 135 cm³/mol. The molecular weight excluding hydrogens is 442 g/mol. The van der Waals surface area contributed by atoms with Crippen LogP contribution < -0.4 is 20.9 Å². The van der Waals surface area contributed by atoms with Crippen molar-refractivity contribution in [2.75, 3.05) is 11.9 Å². The van der Waals surface area contributed by atoms with Crippen molar-refractivity contribution in [3.63, 3.8) is 0 Å². The largest absolute Gasteiger partial charge is 0.453 e. The molecule has 1 amide bonds. The SMILES string of the molecule is Cc1cccc(Oc2cnn(C)c(=O)c2Nc2ccc(C(=O)NCCc3ccccn3)cc2)c1C. The number of carbonyl (C=O) groups excluding carboxylic acids is 1. The molecule has 2 heterocycles. The number of anilines is 2. The molecule has 2 aromatic carbocycles. The first-order valence-corrected chi connectivity index (χ1v) is 11.3. The minimum Gasteiger partial charge on any atom is -0.453 e. The Hall–Kier alpha value is -4.46. The number of rotatable bonds is 8. The first-order chi connectivity index (χ1) is 16.9. The highest BCUT2D eigenvalue weighted by molar-refractivity contribution is 5.94. The quantitative estimate of drug-likeness (QED) is 0.399. The molecule has 0 aliphatic heterocycles. The second kappa shape index (κ2) is 10.6. The monoisotopic (exact) mass is 469 g/mol. The van der Waals surface area contributed by atoms with Crippen LogP contribution in [0.25, 0.3) is 0 Å². The van der Waals surface area contributed by atoms with Gasteiger partial charge in [0.1, 0.15) is 5.75 Å². The molecule has 4 rings (SSSR count). The van der Waals surface area contributed by atoms with Gasteiger partial charge in [-0.2, -0.15) is 5.10 Å². The Morgan fingerprint density at radius 1 is 1.00 bits per heavy atom. The van der Waals surface area contributed by atoms with E-state index in [1.54, 1.807) is 37.5 Å². The van der Waals surface area contributed by atoms with Gasteiger partial charge in [0.25, 0.3) is 11.5 Å². The number of pyridine rings is 1. The molecule has 8 heteroatoms. The molecule has 4 aromatic rings. The zero-order chi connectivity index (χ0) is 24.8. The van der Waals surface area contributed by atoms with Crippen LogP contribution in [0, 0.1) is 13.8 Å². The fourth-order valence-corrected chi connectivity index (χ4v) is 3.47. The lowest BCUT2D eigenvalue weighted by Crippen LogP contribution is -2.25. The number of aryl methyl sites for hydroxylation is 2. The van der Waals surface area contributed by atoms with Gasteiger partial charge in [0.15, 0.2) is 11.4 Å². The fourth-order valence-electron chi connectivity index (χ4n) is 3.47. The maximum Gasteiger partial charge on any atom is 0.294 e. The predicted octanol–water partition coefficient (Wildman–Crippen LogP) is 4.30. The number of nitrogens with zero attached hydrogens (tertiary/aromatic N) is 3. The average molecular weight is 470 g/mol. The molecule has 0 saturated heterocycles. The summed E-state index contributed by atoms with van der Waals surface area (Å²) in [4.78, 5) is 29.6. The summed E-state index contributed by atoms with van der Waals surface area (Å²) in [6.07, 6.45) is 3.90. The number of hydrogen-bond donors (Lipinski definition) is 2. The van der Waals surface area contributed by atoms with Crippen molar-refractivity contribution < 1.29 is 9.53 Å². The maximum atomic E-state index is 12.8. The van der Waals surface area contributed by atoms with Crippen LogP contribution in [0.2, 0.25) is 0 Å². The Labute approximate surface area is 203 Å². The highest BCUT2D eigenvalue weighted by atomic mass is 16.5. The van der Waals surface area contributed by atoms with Gasteiger partial charge in [0.2, 0.25) is 0 Å². The molecule has 8 nitrogen and oxygen atoms in total. The Bertz CT molecular complexity index is 1380. The van der Waals surface area contributed by atoms with Crippen molar-refractivity contribution in [1.29, 1.82) is 0 Å². The Kier molecular flexibility index (Phi) is 7.21. The van der Waals surface area contributed by atoms with E-state index in [2.05, 4.69) is 20.7 Å². The van der Waals surface area contributed by atoms with Gasteiger partial charge in [-0.3, -0.25) is 14.6 Å². The van der Waals surface area contributed by atoms with Crippen LogP contribution in [0.4, 0.5) is 11.4 Å². The standard InChI is InChI=1S/C27H27N5O3/c1-18-7-6-9-23(19(18)2)35-24-17-30-32(3)27(34)25(24)31-22-12-10-20(11-13-22)26(33)29-16-14-21-8-4-5-15-28-21/h4-13,15,17,31H,14,16H2,1-3H3,(H,29,33). The fraction of sp³-hybridized carbons (Fsp3) is 0.185. The summed E-state index contributed by atoms with van der Waals surface area (Å²) in [6.45, 7) is 4.45. The van der Waals surface area contributed by atoms with Gasteiger partial charge in [0, 0.05) is 43.2 Å².